The van der Waals surface area contributed by atoms with Crippen molar-refractivity contribution in [1.82, 2.24) is 0 Å². The summed E-state index contributed by atoms with van der Waals surface area (Å²) in [4.78, 5) is 10.2. The molecule has 0 saturated heterocycles. The highest BCUT2D eigenvalue weighted by Crippen LogP contribution is 2.35. The van der Waals surface area contributed by atoms with Crippen molar-refractivity contribution < 1.29 is 13.3 Å². The van der Waals surface area contributed by atoms with Crippen LogP contribution in [-0.4, -0.2) is 13.3 Å². The number of nitro groups is 1. The molecule has 5 nitrogen and oxygen atoms in total. The van der Waals surface area contributed by atoms with Gasteiger partial charge in [0.2, 0.25) is 0 Å². The zero-order valence-corrected chi connectivity index (χ0v) is 13.6. The Labute approximate surface area is 139 Å². The van der Waals surface area contributed by atoms with Crippen LogP contribution >= 0.6 is 11.6 Å². The topological polar surface area (TPSA) is 77.3 Å². The summed E-state index contributed by atoms with van der Waals surface area (Å²) in [5.41, 5.74) is 0.358. The van der Waals surface area contributed by atoms with Crippen LogP contribution < -0.4 is 0 Å². The first-order chi connectivity index (χ1) is 10.9. The van der Waals surface area contributed by atoms with E-state index in [1.807, 2.05) is 0 Å². The van der Waals surface area contributed by atoms with E-state index in [2.05, 4.69) is 6.58 Å². The molecule has 0 aromatic heterocycles. The molecule has 0 amide bonds. The lowest BCUT2D eigenvalue weighted by Gasteiger charge is -2.17. The van der Waals surface area contributed by atoms with E-state index in [-0.39, 0.29) is 22.0 Å². The Hall–Kier alpha value is -2.18. The maximum atomic E-state index is 12.9. The Morgan fingerprint density at radius 3 is 2.30 bits per heavy atom. The second kappa shape index (κ2) is 6.93. The predicted octanol–water partition coefficient (Wildman–Crippen LogP) is 4.34. The molecule has 0 aliphatic rings. The van der Waals surface area contributed by atoms with Gasteiger partial charge in [0.25, 0.3) is 5.69 Å². The fourth-order valence-electron chi connectivity index (χ4n) is 2.23. The molecule has 0 radical (unpaired) electrons. The van der Waals surface area contributed by atoms with Crippen LogP contribution in [-0.2, 0) is 9.84 Å². The van der Waals surface area contributed by atoms with Gasteiger partial charge >= 0.3 is 0 Å². The summed E-state index contributed by atoms with van der Waals surface area (Å²) in [5.74, 6) is 0. The Kier molecular flexibility index (Phi) is 5.18. The van der Waals surface area contributed by atoms with Crippen LogP contribution in [0.4, 0.5) is 5.69 Å². The van der Waals surface area contributed by atoms with Crippen molar-refractivity contribution in [3.63, 3.8) is 0 Å². The van der Waals surface area contributed by atoms with E-state index in [0.29, 0.717) is 5.56 Å². The fourth-order valence-corrected chi connectivity index (χ4v) is 4.51. The molecule has 0 aliphatic carbocycles. The van der Waals surface area contributed by atoms with E-state index in [1.165, 1.54) is 42.5 Å². The number of non-ortho nitro benzene ring substituents is 1. The Balaban J connectivity index is 2.51. The van der Waals surface area contributed by atoms with Crippen LogP contribution in [0.1, 0.15) is 17.2 Å². The van der Waals surface area contributed by atoms with Crippen molar-refractivity contribution in [3.8, 4) is 0 Å². The highest BCUT2D eigenvalue weighted by Gasteiger charge is 2.30. The van der Waals surface area contributed by atoms with Crippen molar-refractivity contribution in [1.29, 1.82) is 0 Å². The summed E-state index contributed by atoms with van der Waals surface area (Å²) in [5, 5.41) is 9.96. The molecular formula is C16H14ClNO4S. The van der Waals surface area contributed by atoms with Crippen LogP contribution in [0.2, 0.25) is 5.02 Å². The van der Waals surface area contributed by atoms with Gasteiger partial charge in [-0.15, -0.1) is 6.58 Å². The number of benzene rings is 2. The zero-order valence-electron chi connectivity index (χ0n) is 12.1. The monoisotopic (exact) mass is 351 g/mol. The van der Waals surface area contributed by atoms with Gasteiger partial charge in [0, 0.05) is 12.1 Å². The maximum Gasteiger partial charge on any atom is 0.269 e. The second-order valence-corrected chi connectivity index (χ2v) is 7.34. The molecule has 23 heavy (non-hydrogen) atoms. The average Bonchev–Trinajstić information content (AvgIpc) is 2.52. The summed E-state index contributed by atoms with van der Waals surface area (Å²) in [7, 11) is -3.75. The lowest BCUT2D eigenvalue weighted by Crippen LogP contribution is -2.14. The van der Waals surface area contributed by atoms with Crippen molar-refractivity contribution >= 4 is 27.1 Å². The van der Waals surface area contributed by atoms with Gasteiger partial charge in [0.05, 0.1) is 20.1 Å². The van der Waals surface area contributed by atoms with Gasteiger partial charge in [-0.05, 0) is 24.1 Å². The normalized spacial score (nSPS) is 12.6. The third-order valence-electron chi connectivity index (χ3n) is 3.37. The van der Waals surface area contributed by atoms with E-state index in [4.69, 9.17) is 11.6 Å². The number of allylic oxidation sites excluding steroid dienone is 1. The molecule has 0 spiro atoms. The van der Waals surface area contributed by atoms with Gasteiger partial charge in [-0.1, -0.05) is 41.9 Å². The molecule has 7 heteroatoms. The minimum Gasteiger partial charge on any atom is -0.258 e. The predicted molar refractivity (Wildman–Crippen MR) is 89.3 cm³/mol. The molecule has 1 unspecified atom stereocenters. The van der Waals surface area contributed by atoms with Crippen LogP contribution in [0.3, 0.4) is 0 Å². The van der Waals surface area contributed by atoms with Gasteiger partial charge in [-0.3, -0.25) is 10.1 Å². The third kappa shape index (κ3) is 3.60. The Bertz CT molecular complexity index is 831. The van der Waals surface area contributed by atoms with Crippen LogP contribution in [0.5, 0.6) is 0 Å². The first-order valence-corrected chi connectivity index (χ1v) is 8.64. The molecule has 0 fully saturated rings. The number of nitrogens with zero attached hydrogens (tertiary/aromatic N) is 1. The molecule has 0 heterocycles. The number of rotatable bonds is 6. The van der Waals surface area contributed by atoms with E-state index in [1.54, 1.807) is 12.1 Å². The first kappa shape index (κ1) is 17.2. The lowest BCUT2D eigenvalue weighted by molar-refractivity contribution is -0.384. The van der Waals surface area contributed by atoms with Gasteiger partial charge in [-0.2, -0.15) is 0 Å². The fraction of sp³-hybridized carbons (Fsp3) is 0.125. The second-order valence-electron chi connectivity index (χ2n) is 4.84. The van der Waals surface area contributed by atoms with E-state index >= 15 is 0 Å². The molecule has 2 aromatic carbocycles. The molecule has 0 saturated carbocycles. The van der Waals surface area contributed by atoms with Gasteiger partial charge in [0.15, 0.2) is 9.84 Å². The molecule has 1 atom stereocenters. The van der Waals surface area contributed by atoms with E-state index in [9.17, 15) is 18.5 Å². The van der Waals surface area contributed by atoms with E-state index in [0.717, 1.165) is 0 Å². The number of hydrogen-bond acceptors (Lipinski definition) is 4. The lowest BCUT2D eigenvalue weighted by atomic mass is 10.1. The van der Waals surface area contributed by atoms with Gasteiger partial charge < -0.3 is 0 Å². The van der Waals surface area contributed by atoms with Crippen LogP contribution in [0.25, 0.3) is 0 Å². The molecule has 2 rings (SSSR count). The van der Waals surface area contributed by atoms with Crippen LogP contribution in [0, 0.1) is 10.1 Å². The molecule has 0 N–H and O–H groups in total. The number of sulfone groups is 1. The summed E-state index contributed by atoms with van der Waals surface area (Å²) >= 11 is 6.01. The van der Waals surface area contributed by atoms with Crippen molar-refractivity contribution in [2.45, 2.75) is 16.6 Å². The zero-order chi connectivity index (χ0) is 17.0. The highest BCUT2D eigenvalue weighted by atomic mass is 35.5. The molecule has 0 aliphatic heterocycles. The Morgan fingerprint density at radius 1 is 1.17 bits per heavy atom. The van der Waals surface area contributed by atoms with Gasteiger partial charge in [0.1, 0.15) is 0 Å². The molecule has 2 aromatic rings. The SMILES string of the molecule is C=CCC(c1ccc([N+](=O)[O-])cc1)S(=O)(=O)c1ccccc1Cl. The summed E-state index contributed by atoms with van der Waals surface area (Å²) in [6, 6.07) is 11.7. The maximum absolute atomic E-state index is 12.9. The Morgan fingerprint density at radius 2 is 1.78 bits per heavy atom. The first-order valence-electron chi connectivity index (χ1n) is 6.71. The summed E-state index contributed by atoms with van der Waals surface area (Å²) in [6.07, 6.45) is 1.67. The van der Waals surface area contributed by atoms with E-state index < -0.39 is 20.0 Å². The molecule has 120 valence electrons. The quantitative estimate of drug-likeness (QED) is 0.440. The van der Waals surface area contributed by atoms with Crippen molar-refractivity contribution in [2.75, 3.05) is 0 Å². The number of hydrogen-bond donors (Lipinski definition) is 0. The summed E-state index contributed by atoms with van der Waals surface area (Å²) in [6.45, 7) is 3.60. The largest absolute Gasteiger partial charge is 0.269 e. The highest BCUT2D eigenvalue weighted by molar-refractivity contribution is 7.91. The minimum absolute atomic E-state index is 0.0341. The van der Waals surface area contributed by atoms with Crippen molar-refractivity contribution in [2.24, 2.45) is 0 Å². The summed E-state index contributed by atoms with van der Waals surface area (Å²) < 4.78 is 25.8. The minimum atomic E-state index is -3.75. The number of nitro benzene ring substituents is 1. The number of halogens is 1. The standard InChI is InChI=1S/C16H14ClNO4S/c1-2-5-15(12-8-10-13(11-9-12)18(19)20)23(21,22)16-7-4-3-6-14(16)17/h2-4,6-11,15H,1,5H2. The van der Waals surface area contributed by atoms with Crippen LogP contribution in [0.15, 0.2) is 66.1 Å². The average molecular weight is 352 g/mol. The third-order valence-corrected chi connectivity index (χ3v) is 6.00. The van der Waals surface area contributed by atoms with Gasteiger partial charge in [-0.25, -0.2) is 8.42 Å². The smallest absolute Gasteiger partial charge is 0.258 e. The van der Waals surface area contributed by atoms with Crippen molar-refractivity contribution in [3.05, 3.63) is 81.9 Å². The molecular weight excluding hydrogens is 338 g/mol. The molecule has 0 bridgehead atoms.